The van der Waals surface area contributed by atoms with Gasteiger partial charge in [0, 0.05) is 17.4 Å². The molecule has 0 atom stereocenters. The van der Waals surface area contributed by atoms with Gasteiger partial charge in [-0.1, -0.05) is 16.8 Å². The predicted octanol–water partition coefficient (Wildman–Crippen LogP) is 4.78. The molecular weight excluding hydrogens is 430 g/mol. The van der Waals surface area contributed by atoms with Crippen LogP contribution < -0.4 is 10.1 Å². The zero-order valence-electron chi connectivity index (χ0n) is 16.1. The fourth-order valence-electron chi connectivity index (χ4n) is 2.93. The highest BCUT2D eigenvalue weighted by Crippen LogP contribution is 2.26. The summed E-state index contributed by atoms with van der Waals surface area (Å²) in [5.41, 5.74) is 1.28. The summed E-state index contributed by atoms with van der Waals surface area (Å²) < 4.78 is 39.0. The molecule has 0 aliphatic rings. The lowest BCUT2D eigenvalue weighted by Crippen LogP contribution is -2.18. The number of halogens is 3. The average Bonchev–Trinajstić information content (AvgIpc) is 3.40. The van der Waals surface area contributed by atoms with Crippen molar-refractivity contribution in [3.63, 3.8) is 0 Å². The molecule has 2 aromatic heterocycles. The van der Waals surface area contributed by atoms with Gasteiger partial charge in [-0.15, -0.1) is 0 Å². The van der Waals surface area contributed by atoms with Gasteiger partial charge < -0.3 is 19.1 Å². The third-order valence-corrected chi connectivity index (χ3v) is 4.69. The first-order valence-electron chi connectivity index (χ1n) is 9.02. The van der Waals surface area contributed by atoms with Crippen LogP contribution in [0.5, 0.6) is 5.75 Å². The molecule has 0 fully saturated rings. The Morgan fingerprint density at radius 1 is 1.19 bits per heavy atom. The standard InChI is InChI=1S/C21H15ClF2N4O3/c1-30-18-7-4-12(9-16(18)24)20-26-21(31-27-20)17-3-2-8-28(17)11-19(29)25-13-5-6-15(23)14(22)10-13/h2-10H,11H2,1H3,(H,25,29). The quantitative estimate of drug-likeness (QED) is 0.462. The molecule has 4 aromatic rings. The number of nitrogens with zero attached hydrogens (tertiary/aromatic N) is 3. The number of hydrogen-bond acceptors (Lipinski definition) is 5. The maximum absolute atomic E-state index is 14.0. The number of methoxy groups -OCH3 is 1. The van der Waals surface area contributed by atoms with Crippen LogP contribution in [0.15, 0.2) is 59.3 Å². The number of aromatic nitrogens is 3. The molecule has 1 N–H and O–H groups in total. The van der Waals surface area contributed by atoms with Crippen molar-refractivity contribution in [1.29, 1.82) is 0 Å². The predicted molar refractivity (Wildman–Crippen MR) is 110 cm³/mol. The summed E-state index contributed by atoms with van der Waals surface area (Å²) >= 11 is 5.74. The van der Waals surface area contributed by atoms with Gasteiger partial charge in [0.05, 0.1) is 12.1 Å². The second-order valence-electron chi connectivity index (χ2n) is 6.47. The Morgan fingerprint density at radius 2 is 2.03 bits per heavy atom. The summed E-state index contributed by atoms with van der Waals surface area (Å²) in [7, 11) is 1.37. The maximum atomic E-state index is 14.0. The molecule has 0 spiro atoms. The van der Waals surface area contributed by atoms with Gasteiger partial charge in [-0.3, -0.25) is 4.79 Å². The van der Waals surface area contributed by atoms with E-state index in [4.69, 9.17) is 20.9 Å². The Bertz CT molecular complexity index is 1260. The Morgan fingerprint density at radius 3 is 2.77 bits per heavy atom. The highest BCUT2D eigenvalue weighted by Gasteiger charge is 2.17. The van der Waals surface area contributed by atoms with Crippen LogP contribution in [0.3, 0.4) is 0 Å². The first-order chi connectivity index (χ1) is 14.9. The molecule has 2 heterocycles. The van der Waals surface area contributed by atoms with Crippen molar-refractivity contribution in [3.05, 3.63) is 71.4 Å². The summed E-state index contributed by atoms with van der Waals surface area (Å²) in [6, 6.07) is 11.6. The van der Waals surface area contributed by atoms with Crippen LogP contribution in [0.4, 0.5) is 14.5 Å². The van der Waals surface area contributed by atoms with Gasteiger partial charge in [0.2, 0.25) is 11.7 Å². The Labute approximate surface area is 180 Å². The van der Waals surface area contributed by atoms with Crippen molar-refractivity contribution in [1.82, 2.24) is 14.7 Å². The molecule has 0 radical (unpaired) electrons. The third-order valence-electron chi connectivity index (χ3n) is 4.40. The number of nitrogens with one attached hydrogen (secondary N) is 1. The Kier molecular flexibility index (Phi) is 5.68. The zero-order valence-corrected chi connectivity index (χ0v) is 16.9. The van der Waals surface area contributed by atoms with E-state index in [1.165, 1.54) is 37.4 Å². The largest absolute Gasteiger partial charge is 0.494 e. The van der Waals surface area contributed by atoms with Gasteiger partial charge in [-0.2, -0.15) is 4.98 Å². The van der Waals surface area contributed by atoms with Crippen molar-refractivity contribution in [2.75, 3.05) is 12.4 Å². The number of amides is 1. The second kappa shape index (κ2) is 8.57. The van der Waals surface area contributed by atoms with Gasteiger partial charge in [-0.25, -0.2) is 8.78 Å². The monoisotopic (exact) mass is 444 g/mol. The van der Waals surface area contributed by atoms with Crippen molar-refractivity contribution in [2.24, 2.45) is 0 Å². The van der Waals surface area contributed by atoms with E-state index in [1.807, 2.05) is 0 Å². The Balaban J connectivity index is 1.51. The van der Waals surface area contributed by atoms with E-state index < -0.39 is 11.6 Å². The maximum Gasteiger partial charge on any atom is 0.274 e. The number of hydrogen-bond donors (Lipinski definition) is 1. The molecule has 31 heavy (non-hydrogen) atoms. The fourth-order valence-corrected chi connectivity index (χ4v) is 3.11. The summed E-state index contributed by atoms with van der Waals surface area (Å²) in [6.45, 7) is -0.0633. The number of benzene rings is 2. The van der Waals surface area contributed by atoms with Crippen molar-refractivity contribution in [3.8, 4) is 28.7 Å². The molecule has 7 nitrogen and oxygen atoms in total. The van der Waals surface area contributed by atoms with Crippen LogP contribution in [0.2, 0.25) is 5.02 Å². The lowest BCUT2D eigenvalue weighted by atomic mass is 10.2. The summed E-state index contributed by atoms with van der Waals surface area (Å²) in [5.74, 6) is -1.03. The van der Waals surface area contributed by atoms with E-state index in [2.05, 4.69) is 15.5 Å². The van der Waals surface area contributed by atoms with Crippen LogP contribution in [-0.2, 0) is 11.3 Å². The summed E-state index contributed by atoms with van der Waals surface area (Å²) in [6.07, 6.45) is 1.67. The van der Waals surface area contributed by atoms with E-state index in [9.17, 15) is 13.6 Å². The minimum absolute atomic E-state index is 0.0633. The molecule has 0 saturated carbocycles. The number of carbonyl (C=O) groups excluding carboxylic acids is 1. The minimum Gasteiger partial charge on any atom is -0.494 e. The molecule has 4 rings (SSSR count). The van der Waals surface area contributed by atoms with Gasteiger partial charge in [0.1, 0.15) is 18.1 Å². The van der Waals surface area contributed by atoms with Crippen LogP contribution in [0, 0.1) is 11.6 Å². The minimum atomic E-state index is -0.573. The van der Waals surface area contributed by atoms with Crippen LogP contribution in [0.25, 0.3) is 23.0 Å². The Hall–Kier alpha value is -3.72. The second-order valence-corrected chi connectivity index (χ2v) is 6.88. The molecule has 0 aliphatic heterocycles. The van der Waals surface area contributed by atoms with Crippen molar-refractivity contribution < 1.29 is 22.8 Å². The average molecular weight is 445 g/mol. The van der Waals surface area contributed by atoms with Gasteiger partial charge in [0.25, 0.3) is 5.89 Å². The molecule has 0 aliphatic carbocycles. The normalized spacial score (nSPS) is 10.8. The smallest absolute Gasteiger partial charge is 0.274 e. The SMILES string of the molecule is COc1ccc(-c2noc(-c3cccn3CC(=O)Nc3ccc(F)c(Cl)c3)n2)cc1F. The molecule has 1 amide bonds. The highest BCUT2D eigenvalue weighted by molar-refractivity contribution is 6.31. The highest BCUT2D eigenvalue weighted by atomic mass is 35.5. The van der Waals surface area contributed by atoms with Gasteiger partial charge in [0.15, 0.2) is 11.6 Å². The molecule has 158 valence electrons. The van der Waals surface area contributed by atoms with Crippen molar-refractivity contribution in [2.45, 2.75) is 6.54 Å². The van der Waals surface area contributed by atoms with Gasteiger partial charge >= 0.3 is 0 Å². The topological polar surface area (TPSA) is 82.2 Å². The zero-order chi connectivity index (χ0) is 22.0. The molecule has 0 saturated heterocycles. The first kappa shape index (κ1) is 20.5. The van der Waals surface area contributed by atoms with Crippen LogP contribution >= 0.6 is 11.6 Å². The molecule has 2 aromatic carbocycles. The fraction of sp³-hybridized carbons (Fsp3) is 0.0952. The number of carbonyl (C=O) groups is 1. The van der Waals surface area contributed by atoms with Gasteiger partial charge in [-0.05, 0) is 48.5 Å². The molecule has 10 heteroatoms. The third kappa shape index (κ3) is 4.41. The number of ether oxygens (including phenoxy) is 1. The van der Waals surface area contributed by atoms with Crippen LogP contribution in [-0.4, -0.2) is 27.7 Å². The van der Waals surface area contributed by atoms with Crippen LogP contribution in [0.1, 0.15) is 0 Å². The number of anilines is 1. The lowest BCUT2D eigenvalue weighted by molar-refractivity contribution is -0.116. The van der Waals surface area contributed by atoms with E-state index in [0.717, 1.165) is 0 Å². The summed E-state index contributed by atoms with van der Waals surface area (Å²) in [5, 5.41) is 6.44. The van der Waals surface area contributed by atoms with E-state index in [0.29, 0.717) is 16.9 Å². The van der Waals surface area contributed by atoms with E-state index >= 15 is 0 Å². The first-order valence-corrected chi connectivity index (χ1v) is 9.40. The van der Waals surface area contributed by atoms with E-state index in [-0.39, 0.29) is 34.9 Å². The molecular formula is C21H15ClF2N4O3. The molecule has 0 bridgehead atoms. The van der Waals surface area contributed by atoms with E-state index in [1.54, 1.807) is 29.0 Å². The number of rotatable bonds is 6. The van der Waals surface area contributed by atoms with Crippen molar-refractivity contribution >= 4 is 23.2 Å². The molecule has 0 unspecified atom stereocenters. The lowest BCUT2D eigenvalue weighted by Gasteiger charge is -2.08. The summed E-state index contributed by atoms with van der Waals surface area (Å²) in [4.78, 5) is 16.7.